The van der Waals surface area contributed by atoms with Gasteiger partial charge >= 0.3 is 5.97 Å². The molecule has 0 atom stereocenters. The van der Waals surface area contributed by atoms with Gasteiger partial charge in [-0.1, -0.05) is 17.7 Å². The molecule has 0 radical (unpaired) electrons. The molecule has 0 heterocycles. The fraction of sp³-hybridized carbons (Fsp3) is 0.500. The van der Waals surface area contributed by atoms with Gasteiger partial charge in [-0.25, -0.2) is 0 Å². The number of hydrogen-bond donors (Lipinski definition) is 0. The van der Waals surface area contributed by atoms with Crippen molar-refractivity contribution in [1.82, 2.24) is 0 Å². The van der Waals surface area contributed by atoms with E-state index in [-0.39, 0.29) is 17.5 Å². The first-order valence-corrected chi connectivity index (χ1v) is 7.92. The Morgan fingerprint density at radius 1 is 1.05 bits per heavy atom. The van der Waals surface area contributed by atoms with Gasteiger partial charge in [0.25, 0.3) is 10.1 Å². The predicted octanol–water partition coefficient (Wildman–Crippen LogP) is 2.43. The van der Waals surface area contributed by atoms with E-state index in [4.69, 9.17) is 8.92 Å². The summed E-state index contributed by atoms with van der Waals surface area (Å²) in [7, 11) is -3.67. The van der Waals surface area contributed by atoms with E-state index in [2.05, 4.69) is 0 Å². The Kier molecular flexibility index (Phi) is 6.67. The lowest BCUT2D eigenvalue weighted by atomic mass is 10.2. The first-order chi connectivity index (χ1) is 9.42. The second kappa shape index (κ2) is 8.01. The molecule has 0 aromatic heterocycles. The second-order valence-electron chi connectivity index (χ2n) is 4.49. The van der Waals surface area contributed by atoms with E-state index in [0.717, 1.165) is 12.0 Å². The molecule has 0 saturated heterocycles. The summed E-state index contributed by atoms with van der Waals surface area (Å²) in [5.41, 5.74) is 0.995. The highest BCUT2D eigenvalue weighted by Crippen LogP contribution is 2.13. The van der Waals surface area contributed by atoms with Gasteiger partial charge in [0.1, 0.15) is 0 Å². The summed E-state index contributed by atoms with van der Waals surface area (Å²) in [6.07, 6.45) is 2.05. The molecule has 20 heavy (non-hydrogen) atoms. The lowest BCUT2D eigenvalue weighted by molar-refractivity contribution is -0.141. The summed E-state index contributed by atoms with van der Waals surface area (Å²) in [5.74, 6) is -0.303. The molecule has 0 aliphatic rings. The predicted molar refractivity (Wildman–Crippen MR) is 74.8 cm³/mol. The van der Waals surface area contributed by atoms with Crippen molar-refractivity contribution >= 4 is 16.1 Å². The molecular weight excluding hydrogens is 280 g/mol. The largest absolute Gasteiger partial charge is 0.466 e. The summed E-state index contributed by atoms with van der Waals surface area (Å²) in [5, 5.41) is 0. The number of esters is 1. The van der Waals surface area contributed by atoms with Crippen molar-refractivity contribution in [2.45, 2.75) is 38.0 Å². The van der Waals surface area contributed by atoms with Crippen LogP contribution in [-0.2, 0) is 23.8 Å². The maximum atomic E-state index is 11.8. The van der Waals surface area contributed by atoms with Crippen LogP contribution in [0.3, 0.4) is 0 Å². The third kappa shape index (κ3) is 6.16. The lowest BCUT2D eigenvalue weighted by Crippen LogP contribution is -2.08. The molecule has 0 bridgehead atoms. The van der Waals surface area contributed by atoms with E-state index in [0.29, 0.717) is 19.4 Å². The van der Waals surface area contributed by atoms with Gasteiger partial charge in [0.05, 0.1) is 18.1 Å². The summed E-state index contributed by atoms with van der Waals surface area (Å²) in [4.78, 5) is 10.7. The molecule has 0 aliphatic heterocycles. The van der Waals surface area contributed by atoms with Crippen LogP contribution in [0.25, 0.3) is 0 Å². The fourth-order valence-corrected chi connectivity index (χ4v) is 2.48. The topological polar surface area (TPSA) is 69.7 Å². The highest BCUT2D eigenvalue weighted by Gasteiger charge is 2.14. The van der Waals surface area contributed by atoms with Crippen molar-refractivity contribution in [3.05, 3.63) is 29.8 Å². The van der Waals surface area contributed by atoms with Crippen LogP contribution >= 0.6 is 0 Å². The molecule has 0 amide bonds. The third-order valence-electron chi connectivity index (χ3n) is 2.64. The van der Waals surface area contributed by atoms with E-state index in [1.807, 2.05) is 6.92 Å². The Balaban J connectivity index is 2.27. The van der Waals surface area contributed by atoms with Crippen molar-refractivity contribution < 1.29 is 22.1 Å². The number of rotatable bonds is 8. The zero-order chi connectivity index (χ0) is 15.0. The van der Waals surface area contributed by atoms with Gasteiger partial charge in [0.2, 0.25) is 0 Å². The summed E-state index contributed by atoms with van der Waals surface area (Å²) in [6, 6.07) is 6.53. The molecular formula is C14H20O5S. The minimum absolute atomic E-state index is 0.135. The number of ether oxygens (including phenoxy) is 1. The summed E-state index contributed by atoms with van der Waals surface area (Å²) < 4.78 is 33.4. The van der Waals surface area contributed by atoms with Gasteiger partial charge in [0.15, 0.2) is 0 Å². The van der Waals surface area contributed by atoms with Crippen molar-refractivity contribution in [1.29, 1.82) is 0 Å². The number of carbonyl (C=O) groups is 1. The molecule has 0 N–H and O–H groups in total. The van der Waals surface area contributed by atoms with Gasteiger partial charge in [-0.2, -0.15) is 8.42 Å². The minimum atomic E-state index is -3.67. The maximum absolute atomic E-state index is 11.8. The first kappa shape index (κ1) is 16.7. The van der Waals surface area contributed by atoms with Crippen LogP contribution < -0.4 is 0 Å². The highest BCUT2D eigenvalue weighted by atomic mass is 32.2. The average molecular weight is 300 g/mol. The fourth-order valence-electron chi connectivity index (χ4n) is 1.54. The number of benzene rings is 1. The first-order valence-electron chi connectivity index (χ1n) is 6.51. The van der Waals surface area contributed by atoms with Gasteiger partial charge in [0, 0.05) is 6.92 Å². The van der Waals surface area contributed by atoms with Gasteiger partial charge in [-0.05, 0) is 38.3 Å². The van der Waals surface area contributed by atoms with Gasteiger partial charge in [-0.3, -0.25) is 8.98 Å². The molecule has 112 valence electrons. The van der Waals surface area contributed by atoms with Crippen molar-refractivity contribution in [3.63, 3.8) is 0 Å². The van der Waals surface area contributed by atoms with Crippen molar-refractivity contribution in [2.75, 3.05) is 13.2 Å². The Morgan fingerprint density at radius 3 is 2.25 bits per heavy atom. The van der Waals surface area contributed by atoms with Crippen LogP contribution in [0.15, 0.2) is 29.2 Å². The number of hydrogen-bond acceptors (Lipinski definition) is 5. The SMILES string of the molecule is CC(=O)OCCCCCOS(=O)(=O)c1ccc(C)cc1. The maximum Gasteiger partial charge on any atom is 0.302 e. The van der Waals surface area contributed by atoms with Crippen LogP contribution in [0.5, 0.6) is 0 Å². The molecule has 0 aliphatic carbocycles. The Bertz CT molecular complexity index is 519. The molecule has 0 saturated carbocycles. The number of aryl methyl sites for hydroxylation is 1. The smallest absolute Gasteiger partial charge is 0.302 e. The normalized spacial score (nSPS) is 11.3. The molecule has 1 aromatic carbocycles. The average Bonchev–Trinajstić information content (AvgIpc) is 2.37. The minimum Gasteiger partial charge on any atom is -0.466 e. The molecule has 5 nitrogen and oxygen atoms in total. The monoisotopic (exact) mass is 300 g/mol. The van der Waals surface area contributed by atoms with Crippen LogP contribution in [0.1, 0.15) is 31.7 Å². The Labute approximate surface area is 120 Å². The van der Waals surface area contributed by atoms with Crippen LogP contribution in [0.4, 0.5) is 0 Å². The molecule has 1 aromatic rings. The van der Waals surface area contributed by atoms with Crippen LogP contribution in [0.2, 0.25) is 0 Å². The Hall–Kier alpha value is -1.40. The lowest BCUT2D eigenvalue weighted by Gasteiger charge is -2.06. The van der Waals surface area contributed by atoms with E-state index in [1.54, 1.807) is 12.1 Å². The van der Waals surface area contributed by atoms with E-state index < -0.39 is 10.1 Å². The summed E-state index contributed by atoms with van der Waals surface area (Å²) >= 11 is 0. The van der Waals surface area contributed by atoms with Crippen LogP contribution in [0, 0.1) is 6.92 Å². The van der Waals surface area contributed by atoms with Crippen molar-refractivity contribution in [3.8, 4) is 0 Å². The zero-order valence-electron chi connectivity index (χ0n) is 11.8. The Morgan fingerprint density at radius 2 is 1.65 bits per heavy atom. The standard InChI is InChI=1S/C14H20O5S/c1-12-6-8-14(9-7-12)20(16,17)19-11-5-3-4-10-18-13(2)15/h6-9H,3-5,10-11H2,1-2H3. The van der Waals surface area contributed by atoms with Crippen LogP contribution in [-0.4, -0.2) is 27.6 Å². The van der Waals surface area contributed by atoms with Gasteiger partial charge in [-0.15, -0.1) is 0 Å². The molecule has 0 unspecified atom stereocenters. The molecule has 6 heteroatoms. The molecule has 1 rings (SSSR count). The molecule has 0 spiro atoms. The molecule has 0 fully saturated rings. The van der Waals surface area contributed by atoms with Gasteiger partial charge < -0.3 is 4.74 Å². The number of unbranched alkanes of at least 4 members (excludes halogenated alkanes) is 2. The zero-order valence-corrected chi connectivity index (χ0v) is 12.6. The quantitative estimate of drug-likeness (QED) is 0.419. The van der Waals surface area contributed by atoms with E-state index in [9.17, 15) is 13.2 Å². The second-order valence-corrected chi connectivity index (χ2v) is 6.11. The van der Waals surface area contributed by atoms with Crippen molar-refractivity contribution in [2.24, 2.45) is 0 Å². The third-order valence-corrected chi connectivity index (χ3v) is 3.97. The highest BCUT2D eigenvalue weighted by molar-refractivity contribution is 7.86. The van der Waals surface area contributed by atoms with E-state index >= 15 is 0 Å². The number of carbonyl (C=O) groups excluding carboxylic acids is 1. The van der Waals surface area contributed by atoms with E-state index in [1.165, 1.54) is 19.1 Å². The summed E-state index contributed by atoms with van der Waals surface area (Å²) in [6.45, 7) is 3.74.